The van der Waals surface area contributed by atoms with Gasteiger partial charge in [-0.25, -0.2) is 0 Å². The smallest absolute Gasteiger partial charge is 0.0648 e. The van der Waals surface area contributed by atoms with E-state index in [1.54, 1.807) is 0 Å². The molecule has 0 aromatic rings. The predicted octanol–water partition coefficient (Wildman–Crippen LogP) is 1.27. The summed E-state index contributed by atoms with van der Waals surface area (Å²) in [6.07, 6.45) is 3.78. The molecular weight excluding hydrogens is 104 g/mol. The minimum Gasteiger partial charge on any atom is -0.0648 e. The van der Waals surface area contributed by atoms with Crippen molar-refractivity contribution >= 4 is 10.9 Å². The average molecular weight is 117 g/mol. The second-order valence-corrected chi connectivity index (χ2v) is 4.62. The minimum atomic E-state index is 0.828. The third-order valence-corrected chi connectivity index (χ3v) is 3.70. The van der Waals surface area contributed by atoms with Gasteiger partial charge in [0.05, 0.1) is 6.26 Å². The van der Waals surface area contributed by atoms with Crippen molar-refractivity contribution in [3.8, 4) is 0 Å². The van der Waals surface area contributed by atoms with Crippen LogP contribution < -0.4 is 0 Å². The molecule has 1 fully saturated rings. The lowest BCUT2D eigenvalue weighted by Gasteiger charge is -2.21. The van der Waals surface area contributed by atoms with Crippen LogP contribution in [0.4, 0.5) is 0 Å². The lowest BCUT2D eigenvalue weighted by atomic mass is 10.1. The lowest BCUT2D eigenvalue weighted by molar-refractivity contribution is 0.609. The Kier molecular flexibility index (Phi) is 1.63. The van der Waals surface area contributed by atoms with Crippen LogP contribution in [0.2, 0.25) is 0 Å². The lowest BCUT2D eigenvalue weighted by Crippen LogP contribution is -2.34. The first-order valence-corrected chi connectivity index (χ1v) is 4.89. The van der Waals surface area contributed by atoms with E-state index in [1.165, 1.54) is 17.9 Å². The highest BCUT2D eigenvalue weighted by Crippen LogP contribution is 2.20. The van der Waals surface area contributed by atoms with Crippen LogP contribution in [0.3, 0.4) is 0 Å². The molecule has 0 bridgehead atoms. The molecule has 1 heteroatoms. The zero-order valence-electron chi connectivity index (χ0n) is 5.11. The molecule has 7 heavy (non-hydrogen) atoms. The van der Waals surface area contributed by atoms with Crippen LogP contribution in [0.15, 0.2) is 0 Å². The van der Waals surface area contributed by atoms with E-state index in [0.717, 1.165) is 16.8 Å². The summed E-state index contributed by atoms with van der Waals surface area (Å²) in [5.41, 5.74) is 0. The second-order valence-electron chi connectivity index (χ2n) is 2.39. The highest BCUT2D eigenvalue weighted by molar-refractivity contribution is 7.97. The van der Waals surface area contributed by atoms with Gasteiger partial charge in [0.1, 0.15) is 11.5 Å². The molecule has 0 radical (unpaired) electrons. The van der Waals surface area contributed by atoms with Gasteiger partial charge in [0.2, 0.25) is 0 Å². The maximum absolute atomic E-state index is 2.37. The van der Waals surface area contributed by atoms with E-state index >= 15 is 0 Å². The van der Waals surface area contributed by atoms with Crippen molar-refractivity contribution in [2.24, 2.45) is 5.92 Å². The SMILES string of the molecule is CCC1C[S+](C)C1. The van der Waals surface area contributed by atoms with Gasteiger partial charge in [-0.3, -0.25) is 0 Å². The molecule has 0 N–H and O–H groups in total. The van der Waals surface area contributed by atoms with Gasteiger partial charge in [-0.05, 0) is 17.3 Å². The Morgan fingerprint density at radius 2 is 2.14 bits per heavy atom. The standard InChI is InChI=1S/C6H13S/c1-3-6-4-7(2)5-6/h6H,3-5H2,1-2H3/q+1. The highest BCUT2D eigenvalue weighted by Gasteiger charge is 2.32. The number of hydrogen-bond acceptors (Lipinski definition) is 0. The van der Waals surface area contributed by atoms with Crippen molar-refractivity contribution in [1.29, 1.82) is 0 Å². The topological polar surface area (TPSA) is 0 Å². The molecule has 1 rings (SSSR count). The summed E-state index contributed by atoms with van der Waals surface area (Å²) < 4.78 is 0. The first-order chi connectivity index (χ1) is 3.33. The summed E-state index contributed by atoms with van der Waals surface area (Å²) in [6, 6.07) is 0. The van der Waals surface area contributed by atoms with E-state index in [1.807, 2.05) is 0 Å². The van der Waals surface area contributed by atoms with Gasteiger partial charge in [0.15, 0.2) is 0 Å². The number of hydrogen-bond donors (Lipinski definition) is 0. The van der Waals surface area contributed by atoms with Crippen molar-refractivity contribution in [1.82, 2.24) is 0 Å². The van der Waals surface area contributed by atoms with Crippen LogP contribution in [-0.2, 0) is 10.9 Å². The monoisotopic (exact) mass is 117 g/mol. The molecule has 0 spiro atoms. The summed E-state index contributed by atoms with van der Waals surface area (Å²) >= 11 is 0. The first kappa shape index (κ1) is 5.49. The Bertz CT molecular complexity index is 55.2. The highest BCUT2D eigenvalue weighted by atomic mass is 32.2. The molecule has 0 aliphatic carbocycles. The van der Waals surface area contributed by atoms with E-state index < -0.39 is 0 Å². The summed E-state index contributed by atoms with van der Waals surface area (Å²) in [7, 11) is 0.828. The van der Waals surface area contributed by atoms with Gasteiger partial charge in [0.25, 0.3) is 0 Å². The largest absolute Gasteiger partial charge is 0.115 e. The Morgan fingerprint density at radius 1 is 1.57 bits per heavy atom. The quantitative estimate of drug-likeness (QED) is 0.454. The fourth-order valence-electron chi connectivity index (χ4n) is 0.992. The zero-order chi connectivity index (χ0) is 5.28. The van der Waals surface area contributed by atoms with Gasteiger partial charge in [-0.1, -0.05) is 6.92 Å². The maximum atomic E-state index is 2.37. The van der Waals surface area contributed by atoms with E-state index in [-0.39, 0.29) is 0 Å². The molecule has 0 amide bonds. The molecule has 1 saturated heterocycles. The zero-order valence-corrected chi connectivity index (χ0v) is 5.92. The molecule has 1 aliphatic heterocycles. The first-order valence-electron chi connectivity index (χ1n) is 2.92. The van der Waals surface area contributed by atoms with Crippen molar-refractivity contribution < 1.29 is 0 Å². The predicted molar refractivity (Wildman–Crippen MR) is 36.8 cm³/mol. The maximum Gasteiger partial charge on any atom is 0.115 e. The molecule has 0 unspecified atom stereocenters. The third-order valence-electron chi connectivity index (χ3n) is 1.62. The van der Waals surface area contributed by atoms with Crippen LogP contribution in [0.5, 0.6) is 0 Å². The van der Waals surface area contributed by atoms with Crippen molar-refractivity contribution in [3.05, 3.63) is 0 Å². The van der Waals surface area contributed by atoms with Gasteiger partial charge in [-0.15, -0.1) is 0 Å². The number of rotatable bonds is 1. The normalized spacial score (nSPS) is 40.3. The van der Waals surface area contributed by atoms with E-state index in [0.29, 0.717) is 0 Å². The summed E-state index contributed by atoms with van der Waals surface area (Å²) in [6.45, 7) is 2.29. The molecule has 0 saturated carbocycles. The Morgan fingerprint density at radius 3 is 2.29 bits per heavy atom. The van der Waals surface area contributed by atoms with Crippen LogP contribution >= 0.6 is 0 Å². The van der Waals surface area contributed by atoms with Crippen LogP contribution in [-0.4, -0.2) is 17.8 Å². The third kappa shape index (κ3) is 1.12. The van der Waals surface area contributed by atoms with Gasteiger partial charge >= 0.3 is 0 Å². The molecule has 0 nitrogen and oxygen atoms in total. The molecule has 42 valence electrons. The van der Waals surface area contributed by atoms with Crippen molar-refractivity contribution in [2.75, 3.05) is 17.8 Å². The van der Waals surface area contributed by atoms with E-state index in [4.69, 9.17) is 0 Å². The Balaban J connectivity index is 2.06. The molecule has 0 aromatic carbocycles. The summed E-state index contributed by atoms with van der Waals surface area (Å²) in [5.74, 6) is 4.15. The minimum absolute atomic E-state index is 0.828. The molecular formula is C6H13S+. The summed E-state index contributed by atoms with van der Waals surface area (Å²) in [5, 5.41) is 0. The van der Waals surface area contributed by atoms with Crippen LogP contribution in [0.25, 0.3) is 0 Å². The molecule has 1 aliphatic rings. The fraction of sp³-hybridized carbons (Fsp3) is 1.00. The molecule has 0 aromatic heterocycles. The average Bonchev–Trinajstić information content (AvgIpc) is 1.58. The van der Waals surface area contributed by atoms with Gasteiger partial charge in [0, 0.05) is 5.92 Å². The van der Waals surface area contributed by atoms with Crippen LogP contribution in [0.1, 0.15) is 13.3 Å². The van der Waals surface area contributed by atoms with Gasteiger partial charge in [-0.2, -0.15) is 0 Å². The molecule has 0 atom stereocenters. The van der Waals surface area contributed by atoms with Crippen LogP contribution in [0, 0.1) is 5.92 Å². The van der Waals surface area contributed by atoms with Gasteiger partial charge < -0.3 is 0 Å². The van der Waals surface area contributed by atoms with E-state index in [2.05, 4.69) is 13.2 Å². The fourth-order valence-corrected chi connectivity index (χ4v) is 2.97. The van der Waals surface area contributed by atoms with Crippen molar-refractivity contribution in [2.45, 2.75) is 13.3 Å². The summed E-state index contributed by atoms with van der Waals surface area (Å²) in [4.78, 5) is 0. The second kappa shape index (κ2) is 2.08. The molecule has 1 heterocycles. The van der Waals surface area contributed by atoms with Crippen molar-refractivity contribution in [3.63, 3.8) is 0 Å². The Labute approximate surface area is 48.6 Å². The Hall–Kier alpha value is 0.350. The van der Waals surface area contributed by atoms with E-state index in [9.17, 15) is 0 Å².